The van der Waals surface area contributed by atoms with Crippen molar-refractivity contribution in [3.63, 3.8) is 0 Å². The third-order valence-corrected chi connectivity index (χ3v) is 4.56. The minimum atomic E-state index is 0.454. The van der Waals surface area contributed by atoms with Crippen LogP contribution in [0, 0.1) is 18.3 Å². The summed E-state index contributed by atoms with van der Waals surface area (Å²) in [4.78, 5) is 9.23. The molecule has 25 heavy (non-hydrogen) atoms. The summed E-state index contributed by atoms with van der Waals surface area (Å²) >= 11 is 0. The van der Waals surface area contributed by atoms with Crippen LogP contribution in [0.5, 0.6) is 0 Å². The lowest BCUT2D eigenvalue weighted by Crippen LogP contribution is -2.35. The number of imidazole rings is 1. The van der Waals surface area contributed by atoms with Crippen molar-refractivity contribution in [3.8, 4) is 17.5 Å². The third kappa shape index (κ3) is 3.19. The molecule has 0 aliphatic carbocycles. The molecule has 1 aliphatic rings. The number of nitriles is 1. The molecule has 4 rings (SSSR count). The Kier molecular flexibility index (Phi) is 4.08. The second-order valence-electron chi connectivity index (χ2n) is 6.48. The Morgan fingerprint density at radius 3 is 2.92 bits per heavy atom. The number of aromatic nitrogens is 3. The van der Waals surface area contributed by atoms with Crippen LogP contribution in [0.15, 0.2) is 36.7 Å². The second-order valence-corrected chi connectivity index (χ2v) is 6.48. The Bertz CT molecular complexity index is 946. The predicted octanol–water partition coefficient (Wildman–Crippen LogP) is 2.74. The summed E-state index contributed by atoms with van der Waals surface area (Å²) in [6.45, 7) is 4.16. The van der Waals surface area contributed by atoms with E-state index >= 15 is 0 Å². The number of rotatable bonds is 3. The summed E-state index contributed by atoms with van der Waals surface area (Å²) in [5.41, 5.74) is 4.31. The number of hydrogen-bond donors (Lipinski definition) is 2. The van der Waals surface area contributed by atoms with Gasteiger partial charge in [-0.2, -0.15) is 5.26 Å². The van der Waals surface area contributed by atoms with Gasteiger partial charge in [0.05, 0.1) is 23.1 Å². The second kappa shape index (κ2) is 6.54. The lowest BCUT2D eigenvalue weighted by molar-refractivity contribution is 0.478. The highest BCUT2D eigenvalue weighted by Crippen LogP contribution is 2.23. The average Bonchev–Trinajstić information content (AvgIpc) is 3.05. The zero-order valence-corrected chi connectivity index (χ0v) is 14.2. The SMILES string of the molecule is Cc1cc(NC2CCNCC2)nc(-c2cnc3ccc(C#N)cn23)c1. The minimum absolute atomic E-state index is 0.454. The molecule has 0 spiro atoms. The minimum Gasteiger partial charge on any atom is -0.367 e. The number of pyridine rings is 2. The van der Waals surface area contributed by atoms with Crippen LogP contribution in [0.1, 0.15) is 24.0 Å². The van der Waals surface area contributed by atoms with Gasteiger partial charge < -0.3 is 10.6 Å². The molecule has 1 saturated heterocycles. The van der Waals surface area contributed by atoms with Crippen molar-refractivity contribution in [3.05, 3.63) is 47.8 Å². The van der Waals surface area contributed by atoms with Gasteiger partial charge in [0.2, 0.25) is 0 Å². The Morgan fingerprint density at radius 2 is 2.12 bits per heavy atom. The Hall–Kier alpha value is -2.91. The van der Waals surface area contributed by atoms with E-state index in [9.17, 15) is 0 Å². The molecule has 1 aliphatic heterocycles. The van der Waals surface area contributed by atoms with Gasteiger partial charge >= 0.3 is 0 Å². The Balaban J connectivity index is 1.71. The summed E-state index contributed by atoms with van der Waals surface area (Å²) in [7, 11) is 0. The van der Waals surface area contributed by atoms with Crippen molar-refractivity contribution in [2.45, 2.75) is 25.8 Å². The topological polar surface area (TPSA) is 78.0 Å². The first-order chi connectivity index (χ1) is 12.2. The summed E-state index contributed by atoms with van der Waals surface area (Å²) in [6, 6.07) is 10.4. The van der Waals surface area contributed by atoms with E-state index in [1.807, 2.05) is 22.9 Å². The summed E-state index contributed by atoms with van der Waals surface area (Å²) in [5.74, 6) is 0.897. The zero-order valence-electron chi connectivity index (χ0n) is 14.2. The van der Waals surface area contributed by atoms with Crippen LogP contribution < -0.4 is 10.6 Å². The van der Waals surface area contributed by atoms with Crippen molar-refractivity contribution in [1.82, 2.24) is 19.7 Å². The molecule has 0 bridgehead atoms. The fourth-order valence-corrected chi connectivity index (χ4v) is 3.28. The van der Waals surface area contributed by atoms with Crippen LogP contribution in [0.4, 0.5) is 5.82 Å². The van der Waals surface area contributed by atoms with Gasteiger partial charge in [0.15, 0.2) is 0 Å². The highest BCUT2D eigenvalue weighted by molar-refractivity contribution is 5.63. The molecule has 6 nitrogen and oxygen atoms in total. The lowest BCUT2D eigenvalue weighted by atomic mass is 10.1. The number of fused-ring (bicyclic) bond motifs is 1. The predicted molar refractivity (Wildman–Crippen MR) is 97.4 cm³/mol. The van der Waals surface area contributed by atoms with Crippen LogP contribution in [-0.2, 0) is 0 Å². The van der Waals surface area contributed by atoms with Crippen molar-refractivity contribution < 1.29 is 0 Å². The smallest absolute Gasteiger partial charge is 0.137 e. The van der Waals surface area contributed by atoms with Gasteiger partial charge in [-0.3, -0.25) is 4.40 Å². The van der Waals surface area contributed by atoms with Crippen molar-refractivity contribution >= 4 is 11.5 Å². The van der Waals surface area contributed by atoms with Gasteiger partial charge in [-0.15, -0.1) is 0 Å². The molecule has 0 atom stereocenters. The van der Waals surface area contributed by atoms with Crippen LogP contribution in [0.3, 0.4) is 0 Å². The van der Waals surface area contributed by atoms with E-state index in [1.54, 1.807) is 6.07 Å². The van der Waals surface area contributed by atoms with Gasteiger partial charge in [0, 0.05) is 12.2 Å². The fourth-order valence-electron chi connectivity index (χ4n) is 3.28. The van der Waals surface area contributed by atoms with E-state index in [4.69, 9.17) is 10.2 Å². The fraction of sp³-hybridized carbons (Fsp3) is 0.316. The molecule has 3 aromatic heterocycles. The van der Waals surface area contributed by atoms with E-state index in [0.717, 1.165) is 54.3 Å². The standard InChI is InChI=1S/C19H20N6/c1-13-8-16(24-18(9-13)23-15-4-6-21-7-5-15)17-11-22-19-3-2-14(10-20)12-25(17)19/h2-3,8-9,11-12,15,21H,4-7H2,1H3,(H,23,24). The van der Waals surface area contributed by atoms with E-state index in [-0.39, 0.29) is 0 Å². The first-order valence-electron chi connectivity index (χ1n) is 8.56. The quantitative estimate of drug-likeness (QED) is 0.771. The Morgan fingerprint density at radius 1 is 1.28 bits per heavy atom. The first-order valence-corrected chi connectivity index (χ1v) is 8.56. The van der Waals surface area contributed by atoms with Gasteiger partial charge in [-0.25, -0.2) is 9.97 Å². The molecule has 2 N–H and O–H groups in total. The molecule has 0 aromatic carbocycles. The summed E-state index contributed by atoms with van der Waals surface area (Å²) < 4.78 is 1.93. The largest absolute Gasteiger partial charge is 0.367 e. The molecule has 126 valence electrons. The first kappa shape index (κ1) is 15.6. The molecule has 4 heterocycles. The average molecular weight is 332 g/mol. The van der Waals surface area contributed by atoms with Crippen LogP contribution in [0.25, 0.3) is 17.0 Å². The van der Waals surface area contributed by atoms with Crippen LogP contribution in [0.2, 0.25) is 0 Å². The molecule has 0 amide bonds. The number of piperidine rings is 1. The highest BCUT2D eigenvalue weighted by Gasteiger charge is 2.15. The summed E-state index contributed by atoms with van der Waals surface area (Å²) in [6.07, 6.45) is 5.83. The number of nitrogens with zero attached hydrogens (tertiary/aromatic N) is 4. The van der Waals surface area contributed by atoms with Gasteiger partial charge in [0.1, 0.15) is 17.5 Å². The lowest BCUT2D eigenvalue weighted by Gasteiger charge is -2.24. The third-order valence-electron chi connectivity index (χ3n) is 4.56. The van der Waals surface area contributed by atoms with E-state index < -0.39 is 0 Å². The van der Waals surface area contributed by atoms with Crippen LogP contribution >= 0.6 is 0 Å². The van der Waals surface area contributed by atoms with E-state index in [0.29, 0.717) is 11.6 Å². The molecule has 1 fully saturated rings. The number of hydrogen-bond acceptors (Lipinski definition) is 5. The molecule has 0 radical (unpaired) electrons. The molecule has 0 unspecified atom stereocenters. The zero-order chi connectivity index (χ0) is 17.2. The monoisotopic (exact) mass is 332 g/mol. The van der Waals surface area contributed by atoms with Crippen molar-refractivity contribution in [2.24, 2.45) is 0 Å². The van der Waals surface area contributed by atoms with Gasteiger partial charge in [-0.1, -0.05) is 0 Å². The normalized spacial score (nSPS) is 15.2. The Labute approximate surface area is 146 Å². The number of aryl methyl sites for hydroxylation is 1. The molecule has 6 heteroatoms. The molecular formula is C19H20N6. The molecule has 3 aromatic rings. The van der Waals surface area contributed by atoms with Crippen molar-refractivity contribution in [1.29, 1.82) is 5.26 Å². The maximum atomic E-state index is 9.15. The van der Waals surface area contributed by atoms with Gasteiger partial charge in [0.25, 0.3) is 0 Å². The number of anilines is 1. The maximum Gasteiger partial charge on any atom is 0.137 e. The van der Waals surface area contributed by atoms with E-state index in [1.165, 1.54) is 0 Å². The summed E-state index contributed by atoms with van der Waals surface area (Å²) in [5, 5.41) is 16.1. The van der Waals surface area contributed by atoms with Crippen LogP contribution in [-0.4, -0.2) is 33.5 Å². The maximum absolute atomic E-state index is 9.15. The molecular weight excluding hydrogens is 312 g/mol. The number of nitrogens with one attached hydrogen (secondary N) is 2. The highest BCUT2D eigenvalue weighted by atomic mass is 15.1. The van der Waals surface area contributed by atoms with Crippen molar-refractivity contribution in [2.75, 3.05) is 18.4 Å². The molecule has 0 saturated carbocycles. The van der Waals surface area contributed by atoms with E-state index in [2.05, 4.69) is 40.7 Å². The van der Waals surface area contributed by atoms with Gasteiger partial charge in [-0.05, 0) is 62.7 Å².